The van der Waals surface area contributed by atoms with E-state index in [1.54, 1.807) is 6.20 Å². The summed E-state index contributed by atoms with van der Waals surface area (Å²) in [5, 5.41) is 41.0. The van der Waals surface area contributed by atoms with E-state index >= 15 is 0 Å². The fourth-order valence-corrected chi connectivity index (χ4v) is 9.41. The largest absolute Gasteiger partial charge is 0.481 e. The molecule has 23 heteroatoms. The molecule has 1 heterocycles. The highest BCUT2D eigenvalue weighted by molar-refractivity contribution is 5.85. The van der Waals surface area contributed by atoms with Crippen molar-refractivity contribution in [2.45, 2.75) is 213 Å². The van der Waals surface area contributed by atoms with Gasteiger partial charge in [0, 0.05) is 76.6 Å². The number of nitrogens with one attached hydrogen (secondary N) is 6. The molecular weight excluding hydrogens is 1070 g/mol. The van der Waals surface area contributed by atoms with Crippen LogP contribution in [0.3, 0.4) is 0 Å². The number of ether oxygens (including phenoxy) is 4. The molecule has 0 saturated heterocycles. The summed E-state index contributed by atoms with van der Waals surface area (Å²) in [5.41, 5.74) is 0.836. The number of carbonyl (C=O) groups is 9. The Labute approximate surface area is 493 Å². The zero-order valence-corrected chi connectivity index (χ0v) is 50.3. The van der Waals surface area contributed by atoms with Gasteiger partial charge in [0.25, 0.3) is 0 Å². The van der Waals surface area contributed by atoms with E-state index in [9.17, 15) is 53.4 Å². The molecule has 23 nitrogen and oxygen atoms in total. The predicted octanol–water partition coefficient (Wildman–Crippen LogP) is 6.99. The lowest BCUT2D eigenvalue weighted by Crippen LogP contribution is -2.44. The number of hydrogen-bond donors (Lipinski definition) is 9. The smallest absolute Gasteiger partial charge is 0.326 e. The Morgan fingerprint density at radius 1 is 0.566 bits per heavy atom. The molecule has 0 bridgehead atoms. The Kier molecular flexibility index (Phi) is 47.4. The van der Waals surface area contributed by atoms with Crippen LogP contribution in [0.4, 0.5) is 0 Å². The van der Waals surface area contributed by atoms with E-state index in [1.165, 1.54) is 90.3 Å². The molecule has 0 radical (unpaired) electrons. The lowest BCUT2D eigenvalue weighted by atomic mass is 9.81. The summed E-state index contributed by atoms with van der Waals surface area (Å²) in [6, 6.07) is -0.795. The second-order valence-electron chi connectivity index (χ2n) is 21.6. The monoisotopic (exact) mass is 1180 g/mol. The Balaban J connectivity index is 0.000000830. The minimum absolute atomic E-state index is 0.00773. The van der Waals surface area contributed by atoms with Crippen LogP contribution < -0.4 is 26.6 Å². The van der Waals surface area contributed by atoms with Crippen molar-refractivity contribution in [3.63, 3.8) is 0 Å². The van der Waals surface area contributed by atoms with Gasteiger partial charge in [0.15, 0.2) is 0 Å². The van der Waals surface area contributed by atoms with Gasteiger partial charge in [-0.25, -0.2) is 9.78 Å². The molecule has 83 heavy (non-hydrogen) atoms. The van der Waals surface area contributed by atoms with Crippen molar-refractivity contribution in [1.82, 2.24) is 36.6 Å². The molecular formula is C60H105N7O16. The van der Waals surface area contributed by atoms with Gasteiger partial charge in [0.1, 0.15) is 25.0 Å². The van der Waals surface area contributed by atoms with E-state index in [1.807, 2.05) is 6.92 Å². The topological polar surface area (TPSA) is 340 Å². The normalized spacial score (nSPS) is 14.5. The molecule has 1 aromatic rings. The minimum atomic E-state index is -0.990. The van der Waals surface area contributed by atoms with Crippen molar-refractivity contribution in [3.8, 4) is 0 Å². The Morgan fingerprint density at radius 3 is 1.58 bits per heavy atom. The molecule has 2 rings (SSSR count). The first-order chi connectivity index (χ1) is 40.1. The maximum atomic E-state index is 12.5. The van der Waals surface area contributed by atoms with E-state index in [4.69, 9.17) is 24.1 Å². The first-order valence-corrected chi connectivity index (χ1v) is 30.9. The second-order valence-corrected chi connectivity index (χ2v) is 21.6. The number of amides is 5. The number of carbonyl (C=O) groups excluding carboxylic acids is 6. The van der Waals surface area contributed by atoms with E-state index in [2.05, 4.69) is 36.6 Å². The fourth-order valence-electron chi connectivity index (χ4n) is 9.41. The zero-order valence-electron chi connectivity index (χ0n) is 50.3. The number of nitrogens with zero attached hydrogens (tertiary/aromatic N) is 1. The Hall–Kier alpha value is -5.52. The molecule has 9 N–H and O–H groups in total. The van der Waals surface area contributed by atoms with Crippen molar-refractivity contribution >= 4 is 53.2 Å². The summed E-state index contributed by atoms with van der Waals surface area (Å²) in [4.78, 5) is 111. The number of rotatable bonds is 53. The van der Waals surface area contributed by atoms with Crippen molar-refractivity contribution < 1.29 is 77.4 Å². The molecule has 0 aromatic carbocycles. The highest BCUT2D eigenvalue weighted by atomic mass is 16.5. The van der Waals surface area contributed by atoms with Crippen molar-refractivity contribution in [1.29, 1.82) is 0 Å². The Bertz CT molecular complexity index is 1900. The number of aromatic nitrogens is 2. The quantitative estimate of drug-likeness (QED) is 0.0297. The molecule has 1 fully saturated rings. The fraction of sp³-hybridized carbons (Fsp3) is 0.800. The lowest BCUT2D eigenvalue weighted by molar-refractivity contribution is -0.144. The number of imidazole rings is 1. The third kappa shape index (κ3) is 46.5. The van der Waals surface area contributed by atoms with Gasteiger partial charge >= 0.3 is 17.9 Å². The summed E-state index contributed by atoms with van der Waals surface area (Å²) >= 11 is 0. The number of carboxylic acids is 3. The zero-order chi connectivity index (χ0) is 61.0. The number of unbranched alkanes of at least 4 members (excludes halogenated alkanes) is 16. The molecule has 1 aromatic heterocycles. The number of H-pyrrole nitrogens is 1. The molecule has 0 unspecified atom stereocenters. The average Bonchev–Trinajstić information content (AvgIpc) is 4.04. The Morgan fingerprint density at radius 2 is 1.08 bits per heavy atom. The highest BCUT2D eigenvalue weighted by Gasteiger charge is 2.29. The number of aliphatic carboxylic acids is 3. The maximum absolute atomic E-state index is 12.5. The SMILES string of the molecule is CC(=O)NCCOCCOCC(=O)NCCOCCOCC(=O)NCCCC[C@H](CC(=O)CCc1cnc[nH]1)C(=O)O.CCC[C@H](NC(=O)C1CCC(CNC(=O)CCCCCCCCCCCCCCCCCCC(=O)O)CC1)C(=O)O. The summed E-state index contributed by atoms with van der Waals surface area (Å²) in [6.45, 7) is 6.60. The molecule has 1 saturated carbocycles. The van der Waals surface area contributed by atoms with E-state index in [0.717, 1.165) is 57.1 Å². The first kappa shape index (κ1) is 75.5. The van der Waals surface area contributed by atoms with Crippen molar-refractivity contribution in [3.05, 3.63) is 18.2 Å². The van der Waals surface area contributed by atoms with Gasteiger partial charge in [-0.3, -0.25) is 38.4 Å². The average molecular weight is 1180 g/mol. The molecule has 476 valence electrons. The van der Waals surface area contributed by atoms with E-state index in [0.29, 0.717) is 96.7 Å². The van der Waals surface area contributed by atoms with Crippen LogP contribution in [0.1, 0.15) is 206 Å². The van der Waals surface area contributed by atoms with Gasteiger partial charge in [-0.1, -0.05) is 110 Å². The summed E-state index contributed by atoms with van der Waals surface area (Å²) in [5.74, 6) is -3.89. The predicted molar refractivity (Wildman–Crippen MR) is 313 cm³/mol. The maximum Gasteiger partial charge on any atom is 0.326 e. The molecule has 2 atom stereocenters. The second kappa shape index (κ2) is 52.1. The van der Waals surface area contributed by atoms with Crippen LogP contribution in [-0.4, -0.2) is 164 Å². The minimum Gasteiger partial charge on any atom is -0.481 e. The summed E-state index contributed by atoms with van der Waals surface area (Å²) < 4.78 is 21.0. The van der Waals surface area contributed by atoms with Crippen LogP contribution in [0.5, 0.6) is 0 Å². The van der Waals surface area contributed by atoms with Gasteiger partial charge in [-0.2, -0.15) is 0 Å². The van der Waals surface area contributed by atoms with E-state index < -0.39 is 29.9 Å². The lowest BCUT2D eigenvalue weighted by Gasteiger charge is -2.28. The summed E-state index contributed by atoms with van der Waals surface area (Å²) in [7, 11) is 0. The first-order valence-electron chi connectivity index (χ1n) is 30.9. The third-order valence-electron chi connectivity index (χ3n) is 14.3. The van der Waals surface area contributed by atoms with Crippen LogP contribution in [0.2, 0.25) is 0 Å². The van der Waals surface area contributed by atoms with Gasteiger partial charge in [-0.15, -0.1) is 0 Å². The number of aromatic amines is 1. The van der Waals surface area contributed by atoms with Gasteiger partial charge < -0.3 is 65.8 Å². The van der Waals surface area contributed by atoms with Crippen molar-refractivity contribution in [2.75, 3.05) is 79.0 Å². The molecule has 0 aliphatic heterocycles. The van der Waals surface area contributed by atoms with Crippen LogP contribution in [0, 0.1) is 17.8 Å². The standard InChI is InChI=1S/C33H60N2O6.C27H45N5O10/c1-2-19-29(33(40)41)35-32(39)28-24-22-27(23-25-28)26-34-30(36)20-17-15-13-11-9-7-5-3-4-6-8-10-12-14-16-18-21-31(37)38;1-21(33)29-8-10-39-12-14-42-19-26(36)31-9-11-40-13-15-41-18-25(35)30-7-3-2-4-22(27(37)38)16-24(34)6-5-23-17-28-20-32-23/h27-29H,2-26H2,1H3,(H,34,36)(H,35,39)(H,37,38)(H,40,41);17,20,22H,2-16,18-19H2,1H3,(H,28,32)(H,29,33)(H,30,35)(H,31,36)(H,37,38)/t27?,28?,29-;22-/m01/s1. The van der Waals surface area contributed by atoms with Gasteiger partial charge in [0.2, 0.25) is 29.5 Å². The number of ketones is 1. The van der Waals surface area contributed by atoms with E-state index in [-0.39, 0.29) is 93.7 Å². The summed E-state index contributed by atoms with van der Waals surface area (Å²) in [6.07, 6.45) is 30.1. The van der Waals surface area contributed by atoms with Crippen LogP contribution >= 0.6 is 0 Å². The molecule has 5 amide bonds. The number of hydrogen-bond acceptors (Lipinski definition) is 14. The molecule has 1 aliphatic carbocycles. The number of Topliss-reactive ketones (excluding diaryl/α,β-unsaturated/α-hetero) is 1. The number of aryl methyl sites for hydroxylation is 1. The highest BCUT2D eigenvalue weighted by Crippen LogP contribution is 2.29. The molecule has 0 spiro atoms. The third-order valence-corrected chi connectivity index (χ3v) is 14.3. The van der Waals surface area contributed by atoms with Gasteiger partial charge in [-0.05, 0) is 70.1 Å². The van der Waals surface area contributed by atoms with Gasteiger partial charge in [0.05, 0.1) is 51.9 Å². The van der Waals surface area contributed by atoms with Crippen LogP contribution in [0.15, 0.2) is 12.5 Å². The van der Waals surface area contributed by atoms with Crippen LogP contribution in [-0.2, 0) is 68.5 Å². The number of carboxylic acid groups (broad SMARTS) is 3. The van der Waals surface area contributed by atoms with Crippen molar-refractivity contribution in [2.24, 2.45) is 17.8 Å². The molecule has 1 aliphatic rings. The van der Waals surface area contributed by atoms with Crippen LogP contribution in [0.25, 0.3) is 0 Å².